The molecule has 0 saturated heterocycles. The van der Waals surface area contributed by atoms with Crippen molar-refractivity contribution >= 4 is 12.0 Å². The molecule has 0 bridgehead atoms. The third-order valence-corrected chi connectivity index (χ3v) is 4.41. The van der Waals surface area contributed by atoms with Crippen molar-refractivity contribution in [3.8, 4) is 5.69 Å². The fourth-order valence-electron chi connectivity index (χ4n) is 3.20. The van der Waals surface area contributed by atoms with Gasteiger partial charge < -0.3 is 20.1 Å². The van der Waals surface area contributed by atoms with Gasteiger partial charge in [-0.3, -0.25) is 0 Å². The normalized spacial score (nSPS) is 15.4. The average molecular weight is 382 g/mol. The molecular formula is C19H20FN2NaO4. The maximum absolute atomic E-state index is 13.2. The maximum Gasteiger partial charge on any atom is 1.00 e. The molecule has 0 amide bonds. The summed E-state index contributed by atoms with van der Waals surface area (Å²) in [6, 6.07) is 5.99. The molecule has 1 aliphatic carbocycles. The number of rotatable bonds is 7. The molecule has 0 spiro atoms. The van der Waals surface area contributed by atoms with Crippen LogP contribution in [0.3, 0.4) is 0 Å². The summed E-state index contributed by atoms with van der Waals surface area (Å²) in [5, 5.41) is 34.7. The van der Waals surface area contributed by atoms with Gasteiger partial charge in [0, 0.05) is 24.4 Å². The van der Waals surface area contributed by atoms with Gasteiger partial charge in [0.15, 0.2) is 0 Å². The minimum atomic E-state index is -1.36. The number of carbonyl (C=O) groups excluding carboxylic acids is 1. The van der Waals surface area contributed by atoms with Crippen LogP contribution in [-0.2, 0) is 17.6 Å². The topological polar surface area (TPSA) is 98.4 Å². The molecular weight excluding hydrogens is 362 g/mol. The summed E-state index contributed by atoms with van der Waals surface area (Å²) in [6.45, 7) is 0. The minimum absolute atomic E-state index is 0. The van der Waals surface area contributed by atoms with Gasteiger partial charge in [-0.25, -0.2) is 9.07 Å². The average Bonchev–Trinajstić information content (AvgIpc) is 3.14. The number of benzene rings is 1. The Morgan fingerprint density at radius 1 is 1.30 bits per heavy atom. The van der Waals surface area contributed by atoms with E-state index in [1.54, 1.807) is 22.9 Å². The summed E-state index contributed by atoms with van der Waals surface area (Å²) in [5.41, 5.74) is 3.60. The van der Waals surface area contributed by atoms with Gasteiger partial charge in [0.05, 0.1) is 29.3 Å². The summed E-state index contributed by atoms with van der Waals surface area (Å²) >= 11 is 0. The minimum Gasteiger partial charge on any atom is -0.550 e. The molecule has 1 aliphatic rings. The Bertz CT molecular complexity index is 820. The van der Waals surface area contributed by atoms with E-state index in [1.807, 2.05) is 0 Å². The number of carbonyl (C=O) groups is 1. The van der Waals surface area contributed by atoms with Crippen molar-refractivity contribution in [3.05, 3.63) is 53.1 Å². The van der Waals surface area contributed by atoms with Crippen LogP contribution in [0.2, 0.25) is 0 Å². The van der Waals surface area contributed by atoms with Crippen LogP contribution in [0, 0.1) is 5.82 Å². The molecule has 1 aromatic heterocycles. The van der Waals surface area contributed by atoms with Crippen molar-refractivity contribution in [1.82, 2.24) is 9.78 Å². The molecule has 27 heavy (non-hydrogen) atoms. The van der Waals surface area contributed by atoms with Crippen LogP contribution in [0.5, 0.6) is 0 Å². The second-order valence-corrected chi connectivity index (χ2v) is 6.44. The molecule has 3 rings (SSSR count). The molecule has 0 fully saturated rings. The van der Waals surface area contributed by atoms with E-state index in [0.717, 1.165) is 36.2 Å². The Morgan fingerprint density at radius 3 is 2.67 bits per heavy atom. The molecule has 0 radical (unpaired) electrons. The summed E-state index contributed by atoms with van der Waals surface area (Å²) < 4.78 is 14.9. The van der Waals surface area contributed by atoms with E-state index in [9.17, 15) is 24.5 Å². The standard InChI is InChI=1S/C19H21FN2O4.Na/c20-12-4-6-13(7-5-12)22-18(16-2-1-3-17(16)21-22)9-8-14(23)10-15(24)11-19(25)26;/h4-9,14-15,23-24H,1-3,10-11H2,(H,25,26);/q;+1/p-1/b9-8+;/t14-,15-;/m1./s1. The SMILES string of the molecule is O=C([O-])C[C@H](O)C[C@H](O)/C=C/c1c2c(nn1-c1ccc(F)cc1)CCC2.[Na+]. The van der Waals surface area contributed by atoms with Gasteiger partial charge in [-0.2, -0.15) is 5.10 Å². The van der Waals surface area contributed by atoms with Crippen LogP contribution in [-0.4, -0.2) is 38.2 Å². The number of aromatic nitrogens is 2. The second-order valence-electron chi connectivity index (χ2n) is 6.44. The Morgan fingerprint density at radius 2 is 2.00 bits per heavy atom. The van der Waals surface area contributed by atoms with Gasteiger partial charge in [0.2, 0.25) is 0 Å². The predicted molar refractivity (Wildman–Crippen MR) is 90.8 cm³/mol. The van der Waals surface area contributed by atoms with Crippen LogP contribution >= 0.6 is 0 Å². The van der Waals surface area contributed by atoms with E-state index < -0.39 is 24.6 Å². The maximum atomic E-state index is 13.2. The Balaban J connectivity index is 0.00000261. The second kappa shape index (κ2) is 9.61. The zero-order valence-electron chi connectivity index (χ0n) is 15.1. The summed E-state index contributed by atoms with van der Waals surface area (Å²) in [5.74, 6) is -1.69. The number of fused-ring (bicyclic) bond motifs is 1. The van der Waals surface area contributed by atoms with Gasteiger partial charge >= 0.3 is 29.6 Å². The first-order chi connectivity index (χ1) is 12.4. The Hall–Kier alpha value is -1.51. The first-order valence-corrected chi connectivity index (χ1v) is 8.55. The Labute approximate surface area is 178 Å². The number of aliphatic carboxylic acids is 1. The van der Waals surface area contributed by atoms with Crippen molar-refractivity contribution in [1.29, 1.82) is 0 Å². The van der Waals surface area contributed by atoms with E-state index in [1.165, 1.54) is 18.2 Å². The van der Waals surface area contributed by atoms with Gasteiger partial charge in [0.1, 0.15) is 5.82 Å². The third kappa shape index (κ3) is 5.49. The van der Waals surface area contributed by atoms with E-state index in [4.69, 9.17) is 0 Å². The van der Waals surface area contributed by atoms with Crippen LogP contribution < -0.4 is 34.7 Å². The first-order valence-electron chi connectivity index (χ1n) is 8.55. The van der Waals surface area contributed by atoms with Gasteiger partial charge in [-0.05, 0) is 49.6 Å². The smallest absolute Gasteiger partial charge is 0.550 e. The zero-order chi connectivity index (χ0) is 18.7. The monoisotopic (exact) mass is 382 g/mol. The summed E-state index contributed by atoms with van der Waals surface area (Å²) in [7, 11) is 0. The quantitative estimate of drug-likeness (QED) is 0.528. The van der Waals surface area contributed by atoms with Gasteiger partial charge in [0.25, 0.3) is 0 Å². The number of hydrogen-bond donors (Lipinski definition) is 2. The van der Waals surface area contributed by atoms with Crippen LogP contribution in [0.4, 0.5) is 4.39 Å². The molecule has 1 heterocycles. The van der Waals surface area contributed by atoms with Crippen LogP contribution in [0.25, 0.3) is 11.8 Å². The van der Waals surface area contributed by atoms with Crippen molar-refractivity contribution < 1.29 is 54.1 Å². The number of carboxylic acids is 1. The molecule has 138 valence electrons. The first kappa shape index (κ1) is 21.8. The molecule has 6 nitrogen and oxygen atoms in total. The summed E-state index contributed by atoms with van der Waals surface area (Å²) in [6.07, 6.45) is 3.19. The fraction of sp³-hybridized carbons (Fsp3) is 0.368. The zero-order valence-corrected chi connectivity index (χ0v) is 17.1. The predicted octanol–water partition coefficient (Wildman–Crippen LogP) is -2.23. The number of aliphatic hydroxyl groups excluding tert-OH is 2. The van der Waals surface area contributed by atoms with Crippen molar-refractivity contribution in [2.75, 3.05) is 0 Å². The summed E-state index contributed by atoms with van der Waals surface area (Å²) in [4.78, 5) is 10.5. The number of nitrogens with zero attached hydrogens (tertiary/aromatic N) is 2. The molecule has 1 aromatic carbocycles. The number of aryl methyl sites for hydroxylation is 1. The van der Waals surface area contributed by atoms with E-state index >= 15 is 0 Å². The van der Waals surface area contributed by atoms with E-state index in [-0.39, 0.29) is 41.8 Å². The molecule has 0 saturated carbocycles. The van der Waals surface area contributed by atoms with E-state index in [2.05, 4.69) is 5.10 Å². The van der Waals surface area contributed by atoms with Crippen molar-refractivity contribution in [2.45, 2.75) is 44.3 Å². The third-order valence-electron chi connectivity index (χ3n) is 4.41. The number of halogens is 1. The molecule has 2 N–H and O–H groups in total. The molecule has 2 aromatic rings. The van der Waals surface area contributed by atoms with Crippen LogP contribution in [0.1, 0.15) is 36.2 Å². The molecule has 0 unspecified atom stereocenters. The molecule has 2 atom stereocenters. The van der Waals surface area contributed by atoms with Gasteiger partial charge in [-0.15, -0.1) is 0 Å². The van der Waals surface area contributed by atoms with Crippen LogP contribution in [0.15, 0.2) is 30.3 Å². The van der Waals surface area contributed by atoms with Gasteiger partial charge in [-0.1, -0.05) is 6.08 Å². The molecule has 8 heteroatoms. The van der Waals surface area contributed by atoms with Crippen molar-refractivity contribution in [3.63, 3.8) is 0 Å². The molecule has 0 aliphatic heterocycles. The number of carboxylic acid groups (broad SMARTS) is 1. The number of aliphatic hydroxyl groups is 2. The Kier molecular flexibility index (Phi) is 7.76. The van der Waals surface area contributed by atoms with Crippen molar-refractivity contribution in [2.24, 2.45) is 0 Å². The number of hydrogen-bond acceptors (Lipinski definition) is 5. The fourth-order valence-corrected chi connectivity index (χ4v) is 3.20. The van der Waals surface area contributed by atoms with E-state index in [0.29, 0.717) is 5.69 Å². The largest absolute Gasteiger partial charge is 1.00 e.